The molecule has 6 heteroatoms. The highest BCUT2D eigenvalue weighted by Crippen LogP contribution is 2.20. The number of halogens is 1. The summed E-state index contributed by atoms with van der Waals surface area (Å²) in [5.74, 6) is -1.34. The van der Waals surface area contributed by atoms with Gasteiger partial charge < -0.3 is 20.0 Å². The monoisotopic (exact) mass is 344 g/mol. The van der Waals surface area contributed by atoms with Crippen LogP contribution in [0.5, 0.6) is 5.75 Å². The number of carbonyl (C=O) groups is 2. The van der Waals surface area contributed by atoms with E-state index >= 15 is 0 Å². The number of rotatable bonds is 8. The number of aliphatic carboxylic acids is 1. The van der Waals surface area contributed by atoms with E-state index in [4.69, 9.17) is 4.74 Å². The van der Waals surface area contributed by atoms with Gasteiger partial charge in [0.15, 0.2) is 0 Å². The van der Waals surface area contributed by atoms with Crippen molar-refractivity contribution in [2.24, 2.45) is 0 Å². The van der Waals surface area contributed by atoms with E-state index in [-0.39, 0.29) is 24.6 Å². The van der Waals surface area contributed by atoms with E-state index in [0.29, 0.717) is 23.5 Å². The van der Waals surface area contributed by atoms with Gasteiger partial charge >= 0.3 is 0 Å². The Morgan fingerprint density at radius 2 is 1.76 bits per heavy atom. The second kappa shape index (κ2) is 8.82. The third-order valence-electron chi connectivity index (χ3n) is 3.58. The lowest BCUT2D eigenvalue weighted by Crippen LogP contribution is -2.35. The third kappa shape index (κ3) is 5.91. The molecule has 1 amide bonds. The molecule has 0 aliphatic rings. The number of ether oxygens (including phenoxy) is 1. The molecule has 25 heavy (non-hydrogen) atoms. The highest BCUT2D eigenvalue weighted by molar-refractivity contribution is 5.79. The van der Waals surface area contributed by atoms with Crippen molar-refractivity contribution in [2.45, 2.75) is 25.8 Å². The summed E-state index contributed by atoms with van der Waals surface area (Å²) in [7, 11) is 0. The van der Waals surface area contributed by atoms with Gasteiger partial charge in [-0.1, -0.05) is 24.3 Å². The highest BCUT2D eigenvalue weighted by Gasteiger charge is 2.15. The van der Waals surface area contributed by atoms with Gasteiger partial charge in [-0.05, 0) is 42.3 Å². The quantitative estimate of drug-likeness (QED) is 0.791. The molecule has 0 radical (unpaired) electrons. The molecule has 132 valence electrons. The Bertz CT molecular complexity index is 713. The molecular weight excluding hydrogens is 325 g/mol. The van der Waals surface area contributed by atoms with Crippen LogP contribution in [0.25, 0.3) is 0 Å². The van der Waals surface area contributed by atoms with Crippen molar-refractivity contribution < 1.29 is 23.8 Å². The molecule has 0 aromatic heterocycles. The van der Waals surface area contributed by atoms with E-state index in [9.17, 15) is 19.1 Å². The molecule has 0 bridgehead atoms. The maximum atomic E-state index is 12.9. The van der Waals surface area contributed by atoms with Crippen molar-refractivity contribution >= 4 is 11.9 Å². The molecule has 5 nitrogen and oxygen atoms in total. The maximum absolute atomic E-state index is 12.9. The van der Waals surface area contributed by atoms with E-state index in [0.717, 1.165) is 0 Å². The van der Waals surface area contributed by atoms with Gasteiger partial charge in [-0.2, -0.15) is 0 Å². The van der Waals surface area contributed by atoms with Crippen molar-refractivity contribution in [3.63, 3.8) is 0 Å². The minimum Gasteiger partial charge on any atom is -0.550 e. The molecule has 2 aromatic carbocycles. The van der Waals surface area contributed by atoms with Gasteiger partial charge in [-0.25, -0.2) is 4.39 Å². The van der Waals surface area contributed by atoms with Crippen molar-refractivity contribution in [1.29, 1.82) is 0 Å². The number of hydrogen-bond acceptors (Lipinski definition) is 4. The van der Waals surface area contributed by atoms with E-state index < -0.39 is 12.0 Å². The van der Waals surface area contributed by atoms with Crippen LogP contribution in [0.2, 0.25) is 0 Å². The smallest absolute Gasteiger partial charge is 0.224 e. The van der Waals surface area contributed by atoms with Gasteiger partial charge in [0.2, 0.25) is 5.91 Å². The van der Waals surface area contributed by atoms with Crippen LogP contribution in [-0.4, -0.2) is 18.5 Å². The number of nitrogens with one attached hydrogen (secondary N) is 1. The van der Waals surface area contributed by atoms with Gasteiger partial charge in [0.05, 0.1) is 19.1 Å². The van der Waals surface area contributed by atoms with Crippen LogP contribution in [-0.2, 0) is 16.0 Å². The second-order valence-electron chi connectivity index (χ2n) is 5.50. The first-order valence-electron chi connectivity index (χ1n) is 7.94. The van der Waals surface area contributed by atoms with E-state index in [1.165, 1.54) is 24.3 Å². The first-order valence-corrected chi connectivity index (χ1v) is 7.94. The van der Waals surface area contributed by atoms with E-state index in [1.807, 2.05) is 6.92 Å². The molecule has 1 N–H and O–H groups in total. The fraction of sp³-hybridized carbons (Fsp3) is 0.263. The molecule has 0 heterocycles. The molecule has 0 aliphatic carbocycles. The summed E-state index contributed by atoms with van der Waals surface area (Å²) >= 11 is 0. The fourth-order valence-corrected chi connectivity index (χ4v) is 2.41. The summed E-state index contributed by atoms with van der Waals surface area (Å²) in [5.41, 5.74) is 1.28. The van der Waals surface area contributed by atoms with Gasteiger partial charge in [-0.15, -0.1) is 0 Å². The number of carboxylic acid groups (broad SMARTS) is 1. The molecule has 0 aliphatic heterocycles. The summed E-state index contributed by atoms with van der Waals surface area (Å²) in [5, 5.41) is 13.7. The molecule has 2 aromatic rings. The summed E-state index contributed by atoms with van der Waals surface area (Å²) < 4.78 is 18.2. The lowest BCUT2D eigenvalue weighted by atomic mass is 10.0. The summed E-state index contributed by atoms with van der Waals surface area (Å²) in [6.45, 7) is 2.39. The van der Waals surface area contributed by atoms with Crippen LogP contribution < -0.4 is 15.2 Å². The van der Waals surface area contributed by atoms with Crippen LogP contribution in [0.1, 0.15) is 30.5 Å². The first kappa shape index (κ1) is 18.4. The Labute approximate surface area is 145 Å². The van der Waals surface area contributed by atoms with Crippen molar-refractivity contribution in [3.8, 4) is 5.75 Å². The van der Waals surface area contributed by atoms with Crippen LogP contribution >= 0.6 is 0 Å². The van der Waals surface area contributed by atoms with Gasteiger partial charge in [0, 0.05) is 12.4 Å². The Kier molecular flexibility index (Phi) is 6.51. The number of carbonyl (C=O) groups excluding carboxylic acids is 2. The largest absolute Gasteiger partial charge is 0.550 e. The Morgan fingerprint density at radius 1 is 1.12 bits per heavy atom. The van der Waals surface area contributed by atoms with E-state index in [2.05, 4.69) is 5.32 Å². The molecule has 2 rings (SSSR count). The Hall–Kier alpha value is -2.89. The highest BCUT2D eigenvalue weighted by atomic mass is 19.1. The van der Waals surface area contributed by atoms with Crippen LogP contribution in [0.4, 0.5) is 4.39 Å². The number of hydrogen-bond donors (Lipinski definition) is 1. The SMILES string of the molecule is CCOc1ccc([C@@H](CC(=O)[O-])NC(=O)Cc2ccc(F)cc2)cc1. The summed E-state index contributed by atoms with van der Waals surface area (Å²) in [4.78, 5) is 23.2. The number of benzene rings is 2. The zero-order valence-corrected chi connectivity index (χ0v) is 13.8. The minimum absolute atomic E-state index is 0.0286. The zero-order chi connectivity index (χ0) is 18.2. The van der Waals surface area contributed by atoms with Crippen molar-refractivity contribution in [3.05, 3.63) is 65.5 Å². The third-order valence-corrected chi connectivity index (χ3v) is 3.58. The molecule has 1 atom stereocenters. The maximum Gasteiger partial charge on any atom is 0.224 e. The summed E-state index contributed by atoms with van der Waals surface area (Å²) in [6.07, 6.45) is -0.315. The molecule has 0 fully saturated rings. The fourth-order valence-electron chi connectivity index (χ4n) is 2.41. The Balaban J connectivity index is 2.07. The van der Waals surface area contributed by atoms with Crippen molar-refractivity contribution in [1.82, 2.24) is 5.32 Å². The van der Waals surface area contributed by atoms with Crippen LogP contribution in [0, 0.1) is 5.82 Å². The van der Waals surface area contributed by atoms with Gasteiger partial charge in [0.25, 0.3) is 0 Å². The topological polar surface area (TPSA) is 78.5 Å². The average molecular weight is 344 g/mol. The number of amides is 1. The summed E-state index contributed by atoms with van der Waals surface area (Å²) in [6, 6.07) is 11.7. The number of carboxylic acids is 1. The lowest BCUT2D eigenvalue weighted by molar-refractivity contribution is -0.306. The van der Waals surface area contributed by atoms with Crippen LogP contribution in [0.3, 0.4) is 0 Å². The van der Waals surface area contributed by atoms with Gasteiger partial charge in [0.1, 0.15) is 11.6 Å². The normalized spacial score (nSPS) is 11.6. The molecule has 0 spiro atoms. The van der Waals surface area contributed by atoms with Gasteiger partial charge in [-0.3, -0.25) is 4.79 Å². The van der Waals surface area contributed by atoms with Crippen LogP contribution in [0.15, 0.2) is 48.5 Å². The Morgan fingerprint density at radius 3 is 2.32 bits per heavy atom. The zero-order valence-electron chi connectivity index (χ0n) is 13.8. The minimum atomic E-state index is -1.26. The average Bonchev–Trinajstić information content (AvgIpc) is 2.57. The first-order chi connectivity index (χ1) is 12.0. The molecule has 0 unspecified atom stereocenters. The standard InChI is InChI=1S/C19H20FNO4/c1-2-25-16-9-5-14(6-10-16)17(12-19(23)24)21-18(22)11-13-3-7-15(20)8-4-13/h3-10,17H,2,11-12H2,1H3,(H,21,22)(H,23,24)/p-1/t17-/m1/s1. The molecular formula is C19H19FNO4-. The van der Waals surface area contributed by atoms with E-state index in [1.54, 1.807) is 24.3 Å². The predicted octanol–water partition coefficient (Wildman–Crippen LogP) is 1.76. The lowest BCUT2D eigenvalue weighted by Gasteiger charge is -2.20. The predicted molar refractivity (Wildman–Crippen MR) is 88.2 cm³/mol. The molecule has 0 saturated carbocycles. The molecule has 0 saturated heterocycles. The van der Waals surface area contributed by atoms with Crippen molar-refractivity contribution in [2.75, 3.05) is 6.61 Å². The second-order valence-corrected chi connectivity index (χ2v) is 5.50.